The van der Waals surface area contributed by atoms with Crippen molar-refractivity contribution in [1.82, 2.24) is 19.7 Å². The van der Waals surface area contributed by atoms with Crippen LogP contribution in [0.2, 0.25) is 5.02 Å². The molecule has 1 atom stereocenters. The Kier molecular flexibility index (Phi) is 6.12. The van der Waals surface area contributed by atoms with E-state index in [2.05, 4.69) is 15.3 Å². The highest BCUT2D eigenvalue weighted by molar-refractivity contribution is 6.30. The number of rotatable bonds is 6. The fourth-order valence-corrected chi connectivity index (χ4v) is 4.17. The van der Waals surface area contributed by atoms with Crippen LogP contribution in [0.1, 0.15) is 10.9 Å². The normalized spacial score (nSPS) is 15.1. The SMILES string of the molecule is Clc1cccc(Nc2nc(N3CCOCC3)nc3c2cnn3CC(Cl)c2ccccc2)c1. The minimum atomic E-state index is -0.231. The Hall–Kier alpha value is -2.87. The predicted octanol–water partition coefficient (Wildman–Crippen LogP) is 5.04. The highest BCUT2D eigenvalue weighted by atomic mass is 35.5. The first-order valence-corrected chi connectivity index (χ1v) is 11.3. The van der Waals surface area contributed by atoms with Gasteiger partial charge in [0.05, 0.1) is 36.7 Å². The molecule has 0 bridgehead atoms. The Morgan fingerprint density at radius 1 is 1.03 bits per heavy atom. The number of nitrogens with one attached hydrogen (secondary N) is 1. The molecule has 1 aliphatic heterocycles. The Morgan fingerprint density at radius 2 is 1.84 bits per heavy atom. The van der Waals surface area contributed by atoms with Gasteiger partial charge in [-0.2, -0.15) is 15.1 Å². The number of halogens is 2. The van der Waals surface area contributed by atoms with E-state index in [4.69, 9.17) is 37.9 Å². The van der Waals surface area contributed by atoms with E-state index in [0.29, 0.717) is 36.5 Å². The minimum Gasteiger partial charge on any atom is -0.378 e. The molecule has 5 rings (SSSR count). The quantitative estimate of drug-likeness (QED) is 0.399. The molecule has 1 saturated heterocycles. The zero-order chi connectivity index (χ0) is 21.9. The molecule has 2 aromatic heterocycles. The van der Waals surface area contributed by atoms with E-state index in [1.807, 2.05) is 59.3 Å². The molecule has 7 nitrogen and oxygen atoms in total. The predicted molar refractivity (Wildman–Crippen MR) is 128 cm³/mol. The summed E-state index contributed by atoms with van der Waals surface area (Å²) in [6.45, 7) is 3.26. The van der Waals surface area contributed by atoms with Crippen LogP contribution >= 0.6 is 23.2 Å². The van der Waals surface area contributed by atoms with Crippen molar-refractivity contribution in [2.75, 3.05) is 36.5 Å². The summed E-state index contributed by atoms with van der Waals surface area (Å²) >= 11 is 12.9. The van der Waals surface area contributed by atoms with Crippen LogP contribution in [0.15, 0.2) is 60.8 Å². The van der Waals surface area contributed by atoms with Crippen molar-refractivity contribution < 1.29 is 4.74 Å². The van der Waals surface area contributed by atoms with E-state index in [0.717, 1.165) is 35.4 Å². The number of hydrogen-bond acceptors (Lipinski definition) is 6. The van der Waals surface area contributed by atoms with Gasteiger partial charge in [-0.15, -0.1) is 11.6 Å². The molecule has 1 unspecified atom stereocenters. The fraction of sp³-hybridized carbons (Fsp3) is 0.261. The highest BCUT2D eigenvalue weighted by Crippen LogP contribution is 2.30. The second-order valence-electron chi connectivity index (χ2n) is 7.55. The van der Waals surface area contributed by atoms with Crippen molar-refractivity contribution in [1.29, 1.82) is 0 Å². The Labute approximate surface area is 195 Å². The van der Waals surface area contributed by atoms with Gasteiger partial charge in [0.15, 0.2) is 5.65 Å². The highest BCUT2D eigenvalue weighted by Gasteiger charge is 2.20. The second kappa shape index (κ2) is 9.32. The van der Waals surface area contributed by atoms with Crippen LogP contribution < -0.4 is 10.2 Å². The molecule has 32 heavy (non-hydrogen) atoms. The smallest absolute Gasteiger partial charge is 0.229 e. The van der Waals surface area contributed by atoms with Gasteiger partial charge in [0.1, 0.15) is 5.82 Å². The average molecular weight is 469 g/mol. The number of ether oxygens (including phenoxy) is 1. The third kappa shape index (κ3) is 4.50. The zero-order valence-corrected chi connectivity index (χ0v) is 18.8. The molecule has 4 aromatic rings. The molecule has 0 spiro atoms. The van der Waals surface area contributed by atoms with E-state index in [9.17, 15) is 0 Å². The van der Waals surface area contributed by atoms with Gasteiger partial charge < -0.3 is 15.0 Å². The summed E-state index contributed by atoms with van der Waals surface area (Å²) in [6, 6.07) is 17.5. The molecular formula is C23H22Cl2N6O. The van der Waals surface area contributed by atoms with E-state index < -0.39 is 0 Å². The van der Waals surface area contributed by atoms with Crippen molar-refractivity contribution in [3.63, 3.8) is 0 Å². The molecular weight excluding hydrogens is 447 g/mol. The summed E-state index contributed by atoms with van der Waals surface area (Å²) in [7, 11) is 0. The van der Waals surface area contributed by atoms with E-state index in [1.165, 1.54) is 0 Å². The number of aromatic nitrogens is 4. The van der Waals surface area contributed by atoms with Gasteiger partial charge in [0, 0.05) is 23.8 Å². The number of morpholine rings is 1. The molecule has 0 amide bonds. The van der Waals surface area contributed by atoms with Gasteiger partial charge >= 0.3 is 0 Å². The molecule has 1 aliphatic rings. The maximum Gasteiger partial charge on any atom is 0.229 e. The van der Waals surface area contributed by atoms with Gasteiger partial charge in [-0.1, -0.05) is 48.0 Å². The van der Waals surface area contributed by atoms with Crippen LogP contribution in [0.25, 0.3) is 11.0 Å². The first-order chi connectivity index (χ1) is 15.7. The standard InChI is InChI=1S/C23H22Cl2N6O/c24-17-7-4-8-18(13-17)27-21-19-14-26-31(15-20(25)16-5-2-1-3-6-16)22(19)29-23(28-21)30-9-11-32-12-10-30/h1-8,13-14,20H,9-12,15H2,(H,27,28,29). The van der Waals surface area contributed by atoms with Crippen LogP contribution in [-0.4, -0.2) is 46.1 Å². The van der Waals surface area contributed by atoms with Crippen molar-refractivity contribution in [3.8, 4) is 0 Å². The first-order valence-electron chi connectivity index (χ1n) is 10.5. The third-order valence-corrected chi connectivity index (χ3v) is 5.99. The molecule has 9 heteroatoms. The number of anilines is 3. The number of benzene rings is 2. The summed E-state index contributed by atoms with van der Waals surface area (Å²) in [5, 5.41) is 9.21. The fourth-order valence-electron chi connectivity index (χ4n) is 3.70. The molecule has 2 aromatic carbocycles. The van der Waals surface area contributed by atoms with Crippen LogP contribution in [-0.2, 0) is 11.3 Å². The molecule has 164 valence electrons. The topological polar surface area (TPSA) is 68.1 Å². The number of fused-ring (bicyclic) bond motifs is 1. The third-order valence-electron chi connectivity index (χ3n) is 5.36. The minimum absolute atomic E-state index is 0.231. The molecule has 0 saturated carbocycles. The van der Waals surface area contributed by atoms with Crippen LogP contribution in [0.4, 0.5) is 17.5 Å². The molecule has 3 heterocycles. The van der Waals surface area contributed by atoms with Crippen molar-refractivity contribution in [2.24, 2.45) is 0 Å². The largest absolute Gasteiger partial charge is 0.378 e. The van der Waals surface area contributed by atoms with E-state index in [1.54, 1.807) is 6.20 Å². The maximum absolute atomic E-state index is 6.71. The van der Waals surface area contributed by atoms with Crippen molar-refractivity contribution >= 4 is 51.7 Å². The number of nitrogens with zero attached hydrogens (tertiary/aromatic N) is 5. The van der Waals surface area contributed by atoms with Gasteiger partial charge in [-0.05, 0) is 23.8 Å². The maximum atomic E-state index is 6.71. The molecule has 1 N–H and O–H groups in total. The number of hydrogen-bond donors (Lipinski definition) is 1. The zero-order valence-electron chi connectivity index (χ0n) is 17.3. The van der Waals surface area contributed by atoms with Crippen molar-refractivity contribution in [3.05, 3.63) is 71.4 Å². The van der Waals surface area contributed by atoms with Gasteiger partial charge in [0.2, 0.25) is 5.95 Å². The summed E-state index contributed by atoms with van der Waals surface area (Å²) in [5.41, 5.74) is 2.61. The van der Waals surface area contributed by atoms with Crippen LogP contribution in [0, 0.1) is 0 Å². The van der Waals surface area contributed by atoms with Crippen LogP contribution in [0.5, 0.6) is 0 Å². The van der Waals surface area contributed by atoms with Gasteiger partial charge in [-0.25, -0.2) is 4.68 Å². The van der Waals surface area contributed by atoms with Gasteiger partial charge in [0.25, 0.3) is 0 Å². The van der Waals surface area contributed by atoms with Crippen molar-refractivity contribution in [2.45, 2.75) is 11.9 Å². The summed E-state index contributed by atoms with van der Waals surface area (Å²) in [6.07, 6.45) is 1.78. The molecule has 0 radical (unpaired) electrons. The summed E-state index contributed by atoms with van der Waals surface area (Å²) in [4.78, 5) is 11.8. The van der Waals surface area contributed by atoms with E-state index >= 15 is 0 Å². The molecule has 0 aliphatic carbocycles. The first kappa shape index (κ1) is 21.0. The summed E-state index contributed by atoms with van der Waals surface area (Å²) in [5.74, 6) is 1.31. The number of alkyl halides is 1. The monoisotopic (exact) mass is 468 g/mol. The Balaban J connectivity index is 1.54. The lowest BCUT2D eigenvalue weighted by atomic mass is 10.1. The van der Waals surface area contributed by atoms with Crippen LogP contribution in [0.3, 0.4) is 0 Å². The average Bonchev–Trinajstić information content (AvgIpc) is 3.23. The summed E-state index contributed by atoms with van der Waals surface area (Å²) < 4.78 is 7.34. The Morgan fingerprint density at radius 3 is 2.62 bits per heavy atom. The van der Waals surface area contributed by atoms with E-state index in [-0.39, 0.29) is 5.38 Å². The van der Waals surface area contributed by atoms with Gasteiger partial charge in [-0.3, -0.25) is 0 Å². The lowest BCUT2D eigenvalue weighted by molar-refractivity contribution is 0.122. The lowest BCUT2D eigenvalue weighted by Crippen LogP contribution is -2.37. The Bertz CT molecular complexity index is 1210. The second-order valence-corrected chi connectivity index (χ2v) is 8.51. The molecule has 1 fully saturated rings. The lowest BCUT2D eigenvalue weighted by Gasteiger charge is -2.27.